The maximum absolute atomic E-state index is 12.0. The Hall–Kier alpha value is -1.87. The third-order valence-corrected chi connectivity index (χ3v) is 6.44. The first-order chi connectivity index (χ1) is 13.0. The highest BCUT2D eigenvalue weighted by Gasteiger charge is 2.21. The summed E-state index contributed by atoms with van der Waals surface area (Å²) in [5, 5.41) is 13.8. The van der Waals surface area contributed by atoms with Crippen LogP contribution in [0.25, 0.3) is 10.8 Å². The minimum atomic E-state index is -0.573. The molecule has 0 spiro atoms. The summed E-state index contributed by atoms with van der Waals surface area (Å²) in [5.74, 6) is 0.879. The number of rotatable bonds is 7. The van der Waals surface area contributed by atoms with E-state index >= 15 is 0 Å². The summed E-state index contributed by atoms with van der Waals surface area (Å²) in [4.78, 5) is 26.0. The van der Waals surface area contributed by atoms with Gasteiger partial charge in [0.2, 0.25) is 11.8 Å². The molecule has 0 aliphatic heterocycles. The molecule has 0 radical (unpaired) electrons. The molecule has 27 heavy (non-hydrogen) atoms. The first kappa shape index (κ1) is 19.9. The van der Waals surface area contributed by atoms with Crippen LogP contribution in [0.3, 0.4) is 0 Å². The van der Waals surface area contributed by atoms with Gasteiger partial charge < -0.3 is 15.1 Å². The van der Waals surface area contributed by atoms with Crippen LogP contribution in [-0.2, 0) is 22.4 Å². The van der Waals surface area contributed by atoms with E-state index in [2.05, 4.69) is 33.8 Å². The zero-order chi connectivity index (χ0) is 19.4. The number of thiophene rings is 1. The number of amides is 2. The van der Waals surface area contributed by atoms with Crippen molar-refractivity contribution in [3.8, 4) is 10.8 Å². The number of carbonyl (C=O) groups excluding carboxylic acids is 2. The van der Waals surface area contributed by atoms with Crippen molar-refractivity contribution in [2.24, 2.45) is 5.92 Å². The van der Waals surface area contributed by atoms with Gasteiger partial charge in [-0.15, -0.1) is 21.5 Å². The Morgan fingerprint density at radius 2 is 2.26 bits per heavy atom. The van der Waals surface area contributed by atoms with Gasteiger partial charge in [0.05, 0.1) is 10.6 Å². The Morgan fingerprint density at radius 3 is 3.04 bits per heavy atom. The molecule has 0 saturated heterocycles. The lowest BCUT2D eigenvalue weighted by atomic mass is 9.90. The van der Waals surface area contributed by atoms with Gasteiger partial charge in [-0.2, -0.15) is 0 Å². The lowest BCUT2D eigenvalue weighted by molar-refractivity contribution is -0.127. The molecule has 3 rings (SSSR count). The molecule has 2 aromatic heterocycles. The number of fused-ring (bicyclic) bond motifs is 1. The van der Waals surface area contributed by atoms with Crippen LogP contribution in [0.1, 0.15) is 37.6 Å². The lowest BCUT2D eigenvalue weighted by Crippen LogP contribution is -2.45. The number of nitrogens with one attached hydrogen (secondary N) is 2. The van der Waals surface area contributed by atoms with Crippen molar-refractivity contribution in [1.82, 2.24) is 20.8 Å². The summed E-state index contributed by atoms with van der Waals surface area (Å²) in [7, 11) is 0. The molecule has 2 atom stereocenters. The molecular formula is C18H24N4O3S2. The molecule has 1 aliphatic carbocycles. The second kappa shape index (κ2) is 8.88. The van der Waals surface area contributed by atoms with Crippen LogP contribution in [-0.4, -0.2) is 40.4 Å². The van der Waals surface area contributed by atoms with Crippen molar-refractivity contribution in [1.29, 1.82) is 0 Å². The van der Waals surface area contributed by atoms with E-state index in [0.717, 1.165) is 17.7 Å². The number of hydrogen-bond donors (Lipinski definition) is 2. The van der Waals surface area contributed by atoms with E-state index in [9.17, 15) is 9.59 Å². The van der Waals surface area contributed by atoms with Crippen molar-refractivity contribution in [3.05, 3.63) is 16.5 Å². The molecule has 146 valence electrons. The topological polar surface area (TPSA) is 97.1 Å². The standard InChI is InChI=1S/C18H24N4O3S2/c1-4-19-16(24)11(3)20-15(23)9-26-18-22-21-17(25-18)14-8-12-7-10(2)5-6-13(12)27-14/h8,10-11H,4-7,9H2,1-3H3,(H,19,24)(H,20,23)/t10-,11-/m0/s1. The summed E-state index contributed by atoms with van der Waals surface area (Å²) in [5.41, 5.74) is 1.39. The van der Waals surface area contributed by atoms with Gasteiger partial charge >= 0.3 is 0 Å². The van der Waals surface area contributed by atoms with Gasteiger partial charge in [-0.1, -0.05) is 18.7 Å². The first-order valence-corrected chi connectivity index (χ1v) is 10.9. The molecule has 2 N–H and O–H groups in total. The second-order valence-electron chi connectivity index (χ2n) is 6.75. The summed E-state index contributed by atoms with van der Waals surface area (Å²) in [6, 6.07) is 1.58. The van der Waals surface area contributed by atoms with E-state index in [1.165, 1.54) is 28.6 Å². The Kier molecular flexibility index (Phi) is 6.54. The van der Waals surface area contributed by atoms with E-state index in [1.807, 2.05) is 6.92 Å². The van der Waals surface area contributed by atoms with Gasteiger partial charge in [-0.05, 0) is 50.7 Å². The maximum Gasteiger partial charge on any atom is 0.277 e. The van der Waals surface area contributed by atoms with E-state index < -0.39 is 6.04 Å². The maximum atomic E-state index is 12.0. The van der Waals surface area contributed by atoms with Crippen molar-refractivity contribution in [2.75, 3.05) is 12.3 Å². The van der Waals surface area contributed by atoms with E-state index in [-0.39, 0.29) is 17.6 Å². The van der Waals surface area contributed by atoms with E-state index in [1.54, 1.807) is 18.3 Å². The highest BCUT2D eigenvalue weighted by atomic mass is 32.2. The Morgan fingerprint density at radius 1 is 1.44 bits per heavy atom. The molecule has 0 unspecified atom stereocenters. The summed E-state index contributed by atoms with van der Waals surface area (Å²) < 4.78 is 5.71. The fourth-order valence-corrected chi connectivity index (χ4v) is 4.69. The first-order valence-electron chi connectivity index (χ1n) is 9.11. The van der Waals surface area contributed by atoms with E-state index in [4.69, 9.17) is 4.42 Å². The highest BCUT2D eigenvalue weighted by molar-refractivity contribution is 7.99. The molecule has 2 amide bonds. The highest BCUT2D eigenvalue weighted by Crippen LogP contribution is 2.37. The Balaban J connectivity index is 1.54. The molecular weight excluding hydrogens is 384 g/mol. The number of nitrogens with zero attached hydrogens (tertiary/aromatic N) is 2. The third-order valence-electron chi connectivity index (χ3n) is 4.39. The largest absolute Gasteiger partial charge is 0.410 e. The zero-order valence-electron chi connectivity index (χ0n) is 15.7. The SMILES string of the molecule is CCNC(=O)[C@H](C)NC(=O)CSc1nnc(-c2cc3c(s2)CC[C@H](C)C3)o1. The van der Waals surface area contributed by atoms with Gasteiger partial charge in [0.25, 0.3) is 11.1 Å². The molecule has 2 heterocycles. The number of aryl methyl sites for hydroxylation is 1. The van der Waals surface area contributed by atoms with Gasteiger partial charge in [0.1, 0.15) is 6.04 Å². The van der Waals surface area contributed by atoms with Crippen molar-refractivity contribution in [2.45, 2.75) is 51.3 Å². The minimum absolute atomic E-state index is 0.115. The van der Waals surface area contributed by atoms with Crippen LogP contribution >= 0.6 is 23.1 Å². The normalized spacial score (nSPS) is 17.2. The third kappa shape index (κ3) is 5.10. The Bertz CT molecular complexity index is 817. The summed E-state index contributed by atoms with van der Waals surface area (Å²) in [6.07, 6.45) is 3.44. The van der Waals surface area contributed by atoms with Gasteiger partial charge in [-0.25, -0.2) is 0 Å². The van der Waals surface area contributed by atoms with Gasteiger partial charge in [0.15, 0.2) is 0 Å². The number of hydrogen-bond acceptors (Lipinski definition) is 7. The zero-order valence-corrected chi connectivity index (χ0v) is 17.3. The van der Waals surface area contributed by atoms with Crippen molar-refractivity contribution < 1.29 is 14.0 Å². The monoisotopic (exact) mass is 408 g/mol. The molecule has 7 nitrogen and oxygen atoms in total. The van der Waals surface area contributed by atoms with Crippen LogP contribution < -0.4 is 10.6 Å². The minimum Gasteiger partial charge on any atom is -0.410 e. The lowest BCUT2D eigenvalue weighted by Gasteiger charge is -2.16. The van der Waals surface area contributed by atoms with Crippen molar-refractivity contribution >= 4 is 34.9 Å². The van der Waals surface area contributed by atoms with Gasteiger partial charge in [-0.3, -0.25) is 9.59 Å². The molecule has 0 bridgehead atoms. The summed E-state index contributed by atoms with van der Waals surface area (Å²) in [6.45, 7) is 6.29. The number of aromatic nitrogens is 2. The quantitative estimate of drug-likeness (QED) is 0.684. The van der Waals surface area contributed by atoms with Crippen LogP contribution in [0, 0.1) is 5.92 Å². The molecule has 9 heteroatoms. The van der Waals surface area contributed by atoms with E-state index in [0.29, 0.717) is 23.6 Å². The molecule has 0 aromatic carbocycles. The predicted octanol–water partition coefficient (Wildman–Crippen LogP) is 2.66. The van der Waals surface area contributed by atoms with Crippen LogP contribution in [0.15, 0.2) is 15.7 Å². The predicted molar refractivity (Wildman–Crippen MR) is 106 cm³/mol. The van der Waals surface area contributed by atoms with Crippen LogP contribution in [0.2, 0.25) is 0 Å². The second-order valence-corrected chi connectivity index (χ2v) is 8.82. The fourth-order valence-electron chi connectivity index (χ4n) is 2.98. The van der Waals surface area contributed by atoms with Crippen LogP contribution in [0.4, 0.5) is 0 Å². The molecule has 1 aliphatic rings. The van der Waals surface area contributed by atoms with Gasteiger partial charge in [0, 0.05) is 11.4 Å². The molecule has 2 aromatic rings. The smallest absolute Gasteiger partial charge is 0.277 e. The van der Waals surface area contributed by atoms with Crippen LogP contribution in [0.5, 0.6) is 0 Å². The molecule has 0 saturated carbocycles. The number of likely N-dealkylation sites (N-methyl/N-ethyl adjacent to an activating group) is 1. The Labute approximate surface area is 166 Å². The average Bonchev–Trinajstić information content (AvgIpc) is 3.26. The number of carbonyl (C=O) groups is 2. The van der Waals surface area contributed by atoms with Crippen molar-refractivity contribution in [3.63, 3.8) is 0 Å². The average molecular weight is 409 g/mol. The fraction of sp³-hybridized carbons (Fsp3) is 0.556. The number of thioether (sulfide) groups is 1. The molecule has 0 fully saturated rings. The summed E-state index contributed by atoms with van der Waals surface area (Å²) >= 11 is 2.88.